The number of hydrogen-bond donors (Lipinski definition) is 2. The summed E-state index contributed by atoms with van der Waals surface area (Å²) in [6, 6.07) is 0. The molecule has 9 nitrogen and oxygen atoms in total. The van der Waals surface area contributed by atoms with E-state index in [9.17, 15) is 24.3 Å². The van der Waals surface area contributed by atoms with Crippen LogP contribution in [0.25, 0.3) is 0 Å². The molecule has 2 N–H and O–H groups in total. The Morgan fingerprint density at radius 1 is 1.25 bits per heavy atom. The number of ether oxygens (including phenoxy) is 1. The molecule has 0 saturated carbocycles. The minimum Gasteiger partial charge on any atom is -0.790 e. The van der Waals surface area contributed by atoms with Crippen LogP contribution in [0, 0.1) is 5.41 Å². The van der Waals surface area contributed by atoms with Crippen LogP contribution in [0.1, 0.15) is 0 Å². The summed E-state index contributed by atoms with van der Waals surface area (Å²) < 4.78 is 18.0. The molecular weight excluding hydrogens is 247 g/mol. The number of carbonyl (C=O) groups is 1. The number of aliphatic hydroxyl groups is 2. The lowest BCUT2D eigenvalue weighted by molar-refractivity contribution is -0.343. The van der Waals surface area contributed by atoms with Gasteiger partial charge in [-0.15, -0.1) is 0 Å². The Morgan fingerprint density at radius 2 is 1.75 bits per heavy atom. The van der Waals surface area contributed by atoms with Gasteiger partial charge in [0.15, 0.2) is 0 Å². The molecule has 10 heteroatoms. The summed E-state index contributed by atoms with van der Waals surface area (Å²) >= 11 is 0. The van der Waals surface area contributed by atoms with Crippen molar-refractivity contribution in [1.82, 2.24) is 0 Å². The van der Waals surface area contributed by atoms with Crippen LogP contribution in [0.5, 0.6) is 0 Å². The second-order valence-electron chi connectivity index (χ2n) is 3.08. The Balaban J connectivity index is 4.43. The van der Waals surface area contributed by atoms with Gasteiger partial charge in [-0.2, -0.15) is 0 Å². The van der Waals surface area contributed by atoms with E-state index < -0.39 is 45.8 Å². The number of hydrogen-bond acceptors (Lipinski definition) is 9. The zero-order valence-corrected chi connectivity index (χ0v) is 8.92. The predicted octanol–water partition coefficient (Wildman–Crippen LogP) is -3.84. The third-order valence-corrected chi connectivity index (χ3v) is 2.14. The summed E-state index contributed by atoms with van der Waals surface area (Å²) in [6.45, 7) is -3.33. The van der Waals surface area contributed by atoms with Gasteiger partial charge < -0.3 is 43.7 Å². The van der Waals surface area contributed by atoms with Gasteiger partial charge in [-0.3, -0.25) is 0 Å². The SMILES string of the molecule is O=C([O-])OCC(CO)(CO)COP(=O)([O-])[O-]. The van der Waals surface area contributed by atoms with Crippen molar-refractivity contribution < 1.29 is 43.7 Å². The second-order valence-corrected chi connectivity index (χ2v) is 4.23. The maximum Gasteiger partial charge on any atom is 0.252 e. The lowest BCUT2D eigenvalue weighted by Gasteiger charge is -2.36. The minimum atomic E-state index is -5.28. The van der Waals surface area contributed by atoms with Gasteiger partial charge in [-0.1, -0.05) is 0 Å². The Hall–Kier alpha value is -0.700. The van der Waals surface area contributed by atoms with E-state index in [1.807, 2.05) is 0 Å². The summed E-state index contributed by atoms with van der Waals surface area (Å²) in [4.78, 5) is 30.3. The summed E-state index contributed by atoms with van der Waals surface area (Å²) in [5, 5.41) is 27.7. The first-order chi connectivity index (χ1) is 7.24. The van der Waals surface area contributed by atoms with Crippen molar-refractivity contribution in [2.75, 3.05) is 26.4 Å². The van der Waals surface area contributed by atoms with Crippen LogP contribution in [0.3, 0.4) is 0 Å². The molecular formula is C6H10O9P-3. The largest absolute Gasteiger partial charge is 0.790 e. The first kappa shape index (κ1) is 15.3. The standard InChI is InChI=1S/C6H13O9P/c7-1-6(2-8,3-14-5(9)10)4-15-16(11,12)13/h7-8H,1-4H2,(H,9,10)(H2,11,12,13)/p-3. The quantitative estimate of drug-likeness (QED) is 0.343. The molecule has 16 heavy (non-hydrogen) atoms. The van der Waals surface area contributed by atoms with Gasteiger partial charge >= 0.3 is 0 Å². The van der Waals surface area contributed by atoms with Gasteiger partial charge in [0, 0.05) is 6.61 Å². The monoisotopic (exact) mass is 257 g/mol. The fourth-order valence-electron chi connectivity index (χ4n) is 0.702. The number of rotatable bonds is 7. The maximum atomic E-state index is 10.2. The van der Waals surface area contributed by atoms with Gasteiger partial charge in [-0.25, -0.2) is 0 Å². The summed E-state index contributed by atoms with van der Waals surface area (Å²) in [5.74, 6) is 0. The second kappa shape index (κ2) is 6.14. The van der Waals surface area contributed by atoms with Crippen LogP contribution >= 0.6 is 7.82 Å². The topological polar surface area (TPSA) is 162 Å². The van der Waals surface area contributed by atoms with Crippen molar-refractivity contribution in [2.45, 2.75) is 0 Å². The molecule has 0 aliphatic heterocycles. The van der Waals surface area contributed by atoms with E-state index in [4.69, 9.17) is 10.2 Å². The van der Waals surface area contributed by atoms with Crippen molar-refractivity contribution >= 4 is 14.0 Å². The van der Waals surface area contributed by atoms with E-state index in [-0.39, 0.29) is 0 Å². The lowest BCUT2D eigenvalue weighted by atomic mass is 9.93. The van der Waals surface area contributed by atoms with Crippen LogP contribution in [0.4, 0.5) is 4.79 Å². The molecule has 0 unspecified atom stereocenters. The van der Waals surface area contributed by atoms with Gasteiger partial charge in [0.2, 0.25) is 0 Å². The number of phosphoric acid groups is 1. The van der Waals surface area contributed by atoms with Gasteiger partial charge in [0.25, 0.3) is 6.16 Å². The molecule has 96 valence electrons. The molecule has 0 amide bonds. The van der Waals surface area contributed by atoms with Gasteiger partial charge in [0.05, 0.1) is 33.1 Å². The molecule has 0 aliphatic carbocycles. The number of carboxylic acid groups (broad SMARTS) is 1. The third kappa shape index (κ3) is 6.01. The summed E-state index contributed by atoms with van der Waals surface area (Å²) in [5.41, 5.74) is -1.70. The Kier molecular flexibility index (Phi) is 5.87. The average Bonchev–Trinajstić information content (AvgIpc) is 2.18. The van der Waals surface area contributed by atoms with E-state index in [0.717, 1.165) is 0 Å². The normalized spacial score (nSPS) is 12.5. The van der Waals surface area contributed by atoms with E-state index >= 15 is 0 Å². The molecule has 0 aromatic carbocycles. The molecule has 0 bridgehead atoms. The zero-order chi connectivity index (χ0) is 12.8. The van der Waals surface area contributed by atoms with Crippen LogP contribution < -0.4 is 14.9 Å². The molecule has 0 rings (SSSR count). The number of phosphoric ester groups is 1. The summed E-state index contributed by atoms with van der Waals surface area (Å²) in [6.07, 6.45) is -1.92. The minimum absolute atomic E-state index is 0.762. The number of carbonyl (C=O) groups excluding carboxylic acids is 1. The first-order valence-corrected chi connectivity index (χ1v) is 5.43. The third-order valence-electron chi connectivity index (χ3n) is 1.70. The molecule has 0 aromatic rings. The van der Waals surface area contributed by atoms with Crippen molar-refractivity contribution in [1.29, 1.82) is 0 Å². The highest BCUT2D eigenvalue weighted by atomic mass is 31.2. The molecule has 0 fully saturated rings. The first-order valence-electron chi connectivity index (χ1n) is 3.97. The Bertz CT molecular complexity index is 267. The van der Waals surface area contributed by atoms with Crippen molar-refractivity contribution in [2.24, 2.45) is 5.41 Å². The van der Waals surface area contributed by atoms with Gasteiger partial charge in [-0.05, 0) is 0 Å². The van der Waals surface area contributed by atoms with E-state index in [2.05, 4.69) is 9.26 Å². The highest BCUT2D eigenvalue weighted by molar-refractivity contribution is 7.43. The van der Waals surface area contributed by atoms with Crippen LogP contribution in [-0.4, -0.2) is 42.8 Å². The zero-order valence-electron chi connectivity index (χ0n) is 8.03. The van der Waals surface area contributed by atoms with Crippen LogP contribution in [0.15, 0.2) is 0 Å². The Morgan fingerprint density at radius 3 is 2.06 bits per heavy atom. The van der Waals surface area contributed by atoms with Crippen molar-refractivity contribution in [3.05, 3.63) is 0 Å². The van der Waals surface area contributed by atoms with Crippen molar-refractivity contribution in [3.8, 4) is 0 Å². The molecule has 0 heterocycles. The lowest BCUT2D eigenvalue weighted by Crippen LogP contribution is -2.42. The van der Waals surface area contributed by atoms with E-state index in [1.54, 1.807) is 0 Å². The fourth-order valence-corrected chi connectivity index (χ4v) is 1.13. The maximum absolute atomic E-state index is 10.2. The highest BCUT2D eigenvalue weighted by Crippen LogP contribution is 2.29. The number of aliphatic hydroxyl groups excluding tert-OH is 2. The predicted molar refractivity (Wildman–Crippen MR) is 41.5 cm³/mol. The molecule has 0 aliphatic rings. The van der Waals surface area contributed by atoms with Crippen LogP contribution in [-0.2, 0) is 13.8 Å². The highest BCUT2D eigenvalue weighted by Gasteiger charge is 2.29. The average molecular weight is 257 g/mol. The fraction of sp³-hybridized carbons (Fsp3) is 0.833. The van der Waals surface area contributed by atoms with Crippen molar-refractivity contribution in [3.63, 3.8) is 0 Å². The molecule has 0 saturated heterocycles. The molecule has 0 aromatic heterocycles. The molecule has 0 radical (unpaired) electrons. The van der Waals surface area contributed by atoms with Crippen LogP contribution in [0.2, 0.25) is 0 Å². The molecule has 0 spiro atoms. The van der Waals surface area contributed by atoms with E-state index in [1.165, 1.54) is 0 Å². The Labute approximate surface area is 90.5 Å². The van der Waals surface area contributed by atoms with Gasteiger partial charge in [0.1, 0.15) is 0 Å². The summed E-state index contributed by atoms with van der Waals surface area (Å²) in [7, 11) is -5.28. The molecule has 0 atom stereocenters. The van der Waals surface area contributed by atoms with E-state index in [0.29, 0.717) is 0 Å². The smallest absolute Gasteiger partial charge is 0.252 e.